The van der Waals surface area contributed by atoms with Crippen LogP contribution in [0.2, 0.25) is 5.02 Å². The summed E-state index contributed by atoms with van der Waals surface area (Å²) in [5.41, 5.74) is -1.51. The number of anilines is 1. The van der Waals surface area contributed by atoms with E-state index in [4.69, 9.17) is 11.6 Å². The second-order valence-electron chi connectivity index (χ2n) is 5.45. The van der Waals surface area contributed by atoms with Crippen LogP contribution in [0.3, 0.4) is 0 Å². The largest absolute Gasteiger partial charge is 0.382 e. The predicted octanol–water partition coefficient (Wildman–Crippen LogP) is 3.67. The Kier molecular flexibility index (Phi) is 4.42. The molecule has 1 N–H and O–H groups in total. The second-order valence-corrected chi connectivity index (χ2v) is 5.86. The van der Waals surface area contributed by atoms with Crippen molar-refractivity contribution in [1.82, 2.24) is 4.98 Å². The predicted molar refractivity (Wildman–Crippen MR) is 81.7 cm³/mol. The zero-order valence-electron chi connectivity index (χ0n) is 12.5. The van der Waals surface area contributed by atoms with Gasteiger partial charge in [-0.1, -0.05) is 23.7 Å². The van der Waals surface area contributed by atoms with Gasteiger partial charge < -0.3 is 10.0 Å². The maximum absolute atomic E-state index is 14.5. The average molecular weight is 375 g/mol. The van der Waals surface area contributed by atoms with Gasteiger partial charge >= 0.3 is 11.8 Å². The molecular weight excluding hydrogens is 364 g/mol. The van der Waals surface area contributed by atoms with Crippen molar-refractivity contribution < 1.29 is 27.5 Å². The Morgan fingerprint density at radius 1 is 1.28 bits per heavy atom. The minimum atomic E-state index is -4.03. The summed E-state index contributed by atoms with van der Waals surface area (Å²) < 4.78 is 54.6. The van der Waals surface area contributed by atoms with Crippen LogP contribution in [0.15, 0.2) is 36.7 Å². The number of amides is 1. The monoisotopic (exact) mass is 374 g/mol. The SMILES string of the molecule is O=C1N(Cc2cnccc2Cl)c2cccc(C(O)C(F)F)c2C1(F)F. The molecule has 9 heteroatoms. The molecule has 1 aromatic carbocycles. The molecular formula is C16H11ClF4N2O2. The lowest BCUT2D eigenvalue weighted by atomic mass is 9.98. The van der Waals surface area contributed by atoms with Gasteiger partial charge in [0.05, 0.1) is 17.8 Å². The van der Waals surface area contributed by atoms with Crippen molar-refractivity contribution in [3.8, 4) is 0 Å². The first-order chi connectivity index (χ1) is 11.7. The van der Waals surface area contributed by atoms with Gasteiger partial charge in [-0.15, -0.1) is 0 Å². The fraction of sp³-hybridized carbons (Fsp3) is 0.250. The smallest absolute Gasteiger partial charge is 0.352 e. The second kappa shape index (κ2) is 6.27. The highest BCUT2D eigenvalue weighted by molar-refractivity contribution is 6.31. The number of rotatable bonds is 4. The van der Waals surface area contributed by atoms with Crippen LogP contribution in [0.1, 0.15) is 22.8 Å². The van der Waals surface area contributed by atoms with Crippen molar-refractivity contribution in [2.75, 3.05) is 4.90 Å². The molecule has 25 heavy (non-hydrogen) atoms. The molecule has 2 heterocycles. The van der Waals surface area contributed by atoms with E-state index in [2.05, 4.69) is 4.98 Å². The molecule has 1 atom stereocenters. The highest BCUT2D eigenvalue weighted by Crippen LogP contribution is 2.48. The Balaban J connectivity index is 2.10. The van der Waals surface area contributed by atoms with Crippen LogP contribution in [0.5, 0.6) is 0 Å². The topological polar surface area (TPSA) is 53.4 Å². The highest BCUT2D eigenvalue weighted by atomic mass is 35.5. The first-order valence-electron chi connectivity index (χ1n) is 7.13. The lowest BCUT2D eigenvalue weighted by molar-refractivity contribution is -0.142. The van der Waals surface area contributed by atoms with Gasteiger partial charge in [0.15, 0.2) is 0 Å². The van der Waals surface area contributed by atoms with E-state index in [1.54, 1.807) is 0 Å². The Morgan fingerprint density at radius 3 is 2.64 bits per heavy atom. The molecule has 0 fully saturated rings. The Bertz CT molecular complexity index is 832. The maximum Gasteiger partial charge on any atom is 0.352 e. The summed E-state index contributed by atoms with van der Waals surface area (Å²) in [5, 5.41) is 9.78. The lowest BCUT2D eigenvalue weighted by Crippen LogP contribution is -2.34. The zero-order chi connectivity index (χ0) is 18.4. The molecule has 0 saturated heterocycles. The summed E-state index contributed by atoms with van der Waals surface area (Å²) in [4.78, 5) is 16.8. The molecule has 1 amide bonds. The number of hydrogen-bond donors (Lipinski definition) is 1. The Labute approximate surface area is 144 Å². The van der Waals surface area contributed by atoms with E-state index < -0.39 is 35.5 Å². The number of aromatic nitrogens is 1. The summed E-state index contributed by atoms with van der Waals surface area (Å²) in [6, 6.07) is 4.83. The third-order valence-electron chi connectivity index (χ3n) is 3.92. The standard InChI is InChI=1S/C16H11ClF4N2O2/c17-10-4-5-22-6-8(10)7-23-11-3-1-2-9(13(24)14(18)19)12(11)16(20,21)15(23)25/h1-6,13-14,24H,7H2. The van der Waals surface area contributed by atoms with Crippen LogP contribution < -0.4 is 4.90 Å². The van der Waals surface area contributed by atoms with Crippen molar-refractivity contribution in [3.05, 3.63) is 58.4 Å². The van der Waals surface area contributed by atoms with E-state index >= 15 is 0 Å². The van der Waals surface area contributed by atoms with Gasteiger partial charge in [0.2, 0.25) is 0 Å². The van der Waals surface area contributed by atoms with E-state index in [1.807, 2.05) is 0 Å². The van der Waals surface area contributed by atoms with Crippen molar-refractivity contribution in [2.45, 2.75) is 25.0 Å². The van der Waals surface area contributed by atoms with Gasteiger partial charge in [0.25, 0.3) is 6.43 Å². The van der Waals surface area contributed by atoms with Gasteiger partial charge in [-0.3, -0.25) is 9.78 Å². The number of carbonyl (C=O) groups excluding carboxylic acids is 1. The number of benzene rings is 1. The van der Waals surface area contributed by atoms with Crippen molar-refractivity contribution in [3.63, 3.8) is 0 Å². The number of carbonyl (C=O) groups is 1. The molecule has 0 spiro atoms. The number of hydrogen-bond acceptors (Lipinski definition) is 3. The number of pyridine rings is 1. The normalized spacial score (nSPS) is 17.1. The fourth-order valence-corrected chi connectivity index (χ4v) is 2.91. The molecule has 1 aliphatic rings. The molecule has 2 aromatic rings. The van der Waals surface area contributed by atoms with Crippen LogP contribution in [0.25, 0.3) is 0 Å². The van der Waals surface area contributed by atoms with Crippen molar-refractivity contribution in [1.29, 1.82) is 0 Å². The molecule has 0 radical (unpaired) electrons. The maximum atomic E-state index is 14.5. The van der Waals surface area contributed by atoms with Crippen molar-refractivity contribution >= 4 is 23.2 Å². The zero-order valence-corrected chi connectivity index (χ0v) is 13.2. The van der Waals surface area contributed by atoms with Crippen LogP contribution in [0.4, 0.5) is 23.2 Å². The van der Waals surface area contributed by atoms with Crippen molar-refractivity contribution in [2.24, 2.45) is 0 Å². The minimum absolute atomic E-state index is 0.225. The van der Waals surface area contributed by atoms with E-state index in [-0.39, 0.29) is 17.3 Å². The Morgan fingerprint density at radius 2 is 2.00 bits per heavy atom. The number of aliphatic hydroxyl groups is 1. The summed E-state index contributed by atoms with van der Waals surface area (Å²) in [5.74, 6) is -5.60. The first kappa shape index (κ1) is 17.6. The van der Waals surface area contributed by atoms with Gasteiger partial charge in [-0.2, -0.15) is 8.78 Å². The van der Waals surface area contributed by atoms with Gasteiger partial charge in [0, 0.05) is 23.0 Å². The summed E-state index contributed by atoms with van der Waals surface area (Å²) in [6.45, 7) is -0.303. The lowest BCUT2D eigenvalue weighted by Gasteiger charge is -2.18. The van der Waals surface area contributed by atoms with Crippen LogP contribution in [-0.4, -0.2) is 22.4 Å². The number of halogens is 5. The van der Waals surface area contributed by atoms with E-state index in [0.717, 1.165) is 11.0 Å². The fourth-order valence-electron chi connectivity index (χ4n) is 2.75. The Hall–Kier alpha value is -2.19. The summed E-state index contributed by atoms with van der Waals surface area (Å²) in [7, 11) is 0. The van der Waals surface area contributed by atoms with E-state index in [9.17, 15) is 27.5 Å². The number of alkyl halides is 4. The van der Waals surface area contributed by atoms with Crippen LogP contribution in [0, 0.1) is 0 Å². The third kappa shape index (κ3) is 2.85. The molecule has 132 valence electrons. The minimum Gasteiger partial charge on any atom is -0.382 e. The number of fused-ring (bicyclic) bond motifs is 1. The summed E-state index contributed by atoms with van der Waals surface area (Å²) in [6.07, 6.45) is -2.96. The van der Waals surface area contributed by atoms with Gasteiger partial charge in [0.1, 0.15) is 6.10 Å². The molecule has 1 aliphatic heterocycles. The molecule has 0 bridgehead atoms. The van der Waals surface area contributed by atoms with E-state index in [1.165, 1.54) is 30.6 Å². The van der Waals surface area contributed by atoms with E-state index in [0.29, 0.717) is 5.56 Å². The number of aliphatic hydroxyl groups excluding tert-OH is 1. The average Bonchev–Trinajstić information content (AvgIpc) is 2.77. The van der Waals surface area contributed by atoms with Crippen LogP contribution >= 0.6 is 11.6 Å². The molecule has 4 nitrogen and oxygen atoms in total. The van der Waals surface area contributed by atoms with Gasteiger partial charge in [-0.05, 0) is 17.7 Å². The number of nitrogens with zero attached hydrogens (tertiary/aromatic N) is 2. The molecule has 1 aromatic heterocycles. The third-order valence-corrected chi connectivity index (χ3v) is 4.29. The highest BCUT2D eigenvalue weighted by Gasteiger charge is 2.55. The van der Waals surface area contributed by atoms with Crippen LogP contribution in [-0.2, 0) is 17.3 Å². The summed E-state index contributed by atoms with van der Waals surface area (Å²) >= 11 is 5.97. The molecule has 3 rings (SSSR count). The molecule has 1 unspecified atom stereocenters. The quantitative estimate of drug-likeness (QED) is 0.831. The van der Waals surface area contributed by atoms with Gasteiger partial charge in [-0.25, -0.2) is 8.78 Å². The first-order valence-corrected chi connectivity index (χ1v) is 7.50. The molecule has 0 saturated carbocycles. The molecule has 0 aliphatic carbocycles.